The first-order valence-electron chi connectivity index (χ1n) is 9.92. The molecular weight excluding hydrogens is 328 g/mol. The molecule has 0 aromatic heterocycles. The molecule has 5 rings (SSSR count). The Hall–Kier alpha value is -1.43. The van der Waals surface area contributed by atoms with Gasteiger partial charge in [0.2, 0.25) is 5.91 Å². The molecule has 0 unspecified atom stereocenters. The average molecular weight is 356 g/mol. The topological polar surface area (TPSA) is 42.0 Å². The number of rotatable bonds is 4. The predicted molar refractivity (Wildman–Crippen MR) is 97.7 cm³/mol. The quantitative estimate of drug-likeness (QED) is 0.824. The number of fused-ring (bicyclic) bond motifs is 2. The van der Waals surface area contributed by atoms with Gasteiger partial charge in [-0.05, 0) is 30.4 Å². The molecule has 1 aromatic rings. The number of likely N-dealkylation sites (tertiary alicyclic amines) is 1. The van der Waals surface area contributed by atoms with Crippen LogP contribution in [0.5, 0.6) is 0 Å². The van der Waals surface area contributed by atoms with Crippen LogP contribution in [0.3, 0.4) is 0 Å². The summed E-state index contributed by atoms with van der Waals surface area (Å²) in [6.07, 6.45) is 3.79. The van der Waals surface area contributed by atoms with Crippen LogP contribution in [0.15, 0.2) is 24.3 Å². The Morgan fingerprint density at radius 1 is 1.35 bits per heavy atom. The van der Waals surface area contributed by atoms with Crippen molar-refractivity contribution in [2.45, 2.75) is 37.5 Å². The molecule has 0 N–H and O–H groups in total. The van der Waals surface area contributed by atoms with E-state index in [-0.39, 0.29) is 18.1 Å². The summed E-state index contributed by atoms with van der Waals surface area (Å²) >= 11 is 0. The molecular formula is C21H28N2O3. The number of hydrogen-bond acceptors (Lipinski definition) is 4. The number of carbonyl (C=O) groups is 1. The third kappa shape index (κ3) is 2.60. The third-order valence-electron chi connectivity index (χ3n) is 7.08. The molecule has 1 amide bonds. The maximum Gasteiger partial charge on any atom is 0.248 e. The first-order valence-corrected chi connectivity index (χ1v) is 9.92. The zero-order valence-electron chi connectivity index (χ0n) is 15.5. The van der Waals surface area contributed by atoms with Gasteiger partial charge in [-0.1, -0.05) is 24.3 Å². The lowest BCUT2D eigenvalue weighted by atomic mass is 9.73. The largest absolute Gasteiger partial charge is 0.375 e. The molecule has 3 fully saturated rings. The average Bonchev–Trinajstić information content (AvgIpc) is 3.31. The van der Waals surface area contributed by atoms with Gasteiger partial charge in [0, 0.05) is 45.1 Å². The van der Waals surface area contributed by atoms with Gasteiger partial charge in [0.25, 0.3) is 0 Å². The second-order valence-electron chi connectivity index (χ2n) is 8.49. The number of nitrogens with zero attached hydrogens (tertiary/aromatic N) is 2. The van der Waals surface area contributed by atoms with Gasteiger partial charge in [0.15, 0.2) is 0 Å². The van der Waals surface area contributed by atoms with Crippen LogP contribution in [-0.4, -0.2) is 67.3 Å². The standard InChI is InChI=1S/C21H28N2O3/c1-25-13-20(24)23-12-18-17(19-6-8-21(18,14-23)26-19)11-22-9-7-15-4-2-3-5-16(15)10-22/h2-5,17-19H,6-14H2,1H3/t17-,18+,19+,21+/m0/s1. The van der Waals surface area contributed by atoms with Crippen molar-refractivity contribution in [3.63, 3.8) is 0 Å². The van der Waals surface area contributed by atoms with E-state index in [4.69, 9.17) is 9.47 Å². The maximum absolute atomic E-state index is 12.3. The fourth-order valence-electron chi connectivity index (χ4n) is 5.85. The summed E-state index contributed by atoms with van der Waals surface area (Å²) in [5, 5.41) is 0. The summed E-state index contributed by atoms with van der Waals surface area (Å²) in [4.78, 5) is 16.9. The minimum atomic E-state index is -0.0770. The van der Waals surface area contributed by atoms with E-state index in [9.17, 15) is 4.79 Å². The van der Waals surface area contributed by atoms with Crippen molar-refractivity contribution in [3.8, 4) is 0 Å². The molecule has 0 radical (unpaired) electrons. The van der Waals surface area contributed by atoms with E-state index in [0.29, 0.717) is 17.9 Å². The van der Waals surface area contributed by atoms with Gasteiger partial charge < -0.3 is 14.4 Å². The minimum Gasteiger partial charge on any atom is -0.375 e. The van der Waals surface area contributed by atoms with E-state index in [1.54, 1.807) is 7.11 Å². The number of ether oxygens (including phenoxy) is 2. The van der Waals surface area contributed by atoms with Crippen LogP contribution >= 0.6 is 0 Å². The van der Waals surface area contributed by atoms with Gasteiger partial charge >= 0.3 is 0 Å². The van der Waals surface area contributed by atoms with Gasteiger partial charge in [-0.3, -0.25) is 9.69 Å². The number of amides is 1. The monoisotopic (exact) mass is 356 g/mol. The Kier molecular flexibility index (Phi) is 4.07. The zero-order valence-corrected chi connectivity index (χ0v) is 15.5. The Balaban J connectivity index is 1.29. The van der Waals surface area contributed by atoms with Crippen molar-refractivity contribution in [2.24, 2.45) is 11.8 Å². The molecule has 0 aliphatic carbocycles. The predicted octanol–water partition coefficient (Wildman–Crippen LogP) is 1.70. The lowest BCUT2D eigenvalue weighted by Crippen LogP contribution is -2.43. The second kappa shape index (κ2) is 6.32. The second-order valence-corrected chi connectivity index (χ2v) is 8.49. The third-order valence-corrected chi connectivity index (χ3v) is 7.08. The summed E-state index contributed by atoms with van der Waals surface area (Å²) in [7, 11) is 1.59. The molecule has 4 aliphatic rings. The smallest absolute Gasteiger partial charge is 0.248 e. The zero-order chi connectivity index (χ0) is 17.7. The molecule has 4 heterocycles. The van der Waals surface area contributed by atoms with E-state index in [2.05, 4.69) is 29.2 Å². The van der Waals surface area contributed by atoms with Crippen LogP contribution in [0.1, 0.15) is 24.0 Å². The van der Waals surface area contributed by atoms with E-state index in [1.807, 2.05) is 4.90 Å². The molecule has 5 heteroatoms. The highest BCUT2D eigenvalue weighted by atomic mass is 16.5. The Morgan fingerprint density at radius 2 is 2.19 bits per heavy atom. The maximum atomic E-state index is 12.3. The molecule has 3 saturated heterocycles. The van der Waals surface area contributed by atoms with Crippen molar-refractivity contribution in [2.75, 3.05) is 39.9 Å². The lowest BCUT2D eigenvalue weighted by Gasteiger charge is -2.35. The highest BCUT2D eigenvalue weighted by Crippen LogP contribution is 2.55. The van der Waals surface area contributed by atoms with Crippen LogP contribution in [0.25, 0.3) is 0 Å². The van der Waals surface area contributed by atoms with E-state index >= 15 is 0 Å². The number of benzene rings is 1. The Bertz CT molecular complexity index is 708. The van der Waals surface area contributed by atoms with Gasteiger partial charge in [-0.2, -0.15) is 0 Å². The van der Waals surface area contributed by atoms with Gasteiger partial charge in [0.05, 0.1) is 18.2 Å². The molecule has 4 aliphatic heterocycles. The molecule has 140 valence electrons. The van der Waals surface area contributed by atoms with Gasteiger partial charge in [0.1, 0.15) is 6.61 Å². The molecule has 1 aromatic carbocycles. The molecule has 1 spiro atoms. The summed E-state index contributed by atoms with van der Waals surface area (Å²) < 4.78 is 11.6. The molecule has 2 bridgehead atoms. The molecule has 5 nitrogen and oxygen atoms in total. The van der Waals surface area contributed by atoms with Crippen molar-refractivity contribution < 1.29 is 14.3 Å². The van der Waals surface area contributed by atoms with Crippen LogP contribution in [0.2, 0.25) is 0 Å². The van der Waals surface area contributed by atoms with Gasteiger partial charge in [-0.25, -0.2) is 0 Å². The van der Waals surface area contributed by atoms with Crippen molar-refractivity contribution in [1.82, 2.24) is 9.80 Å². The van der Waals surface area contributed by atoms with E-state index < -0.39 is 0 Å². The van der Waals surface area contributed by atoms with Crippen LogP contribution in [0, 0.1) is 11.8 Å². The SMILES string of the molecule is COCC(=O)N1C[C@@H]2[C@H](CN3CCc4ccccc4C3)[C@H]3CC[C@]2(C1)O3. The summed E-state index contributed by atoms with van der Waals surface area (Å²) in [5.74, 6) is 1.14. The minimum absolute atomic E-state index is 0.0770. The van der Waals surface area contributed by atoms with Gasteiger partial charge in [-0.15, -0.1) is 0 Å². The van der Waals surface area contributed by atoms with Crippen molar-refractivity contribution >= 4 is 5.91 Å². The first-order chi connectivity index (χ1) is 12.7. The molecule has 0 saturated carbocycles. The summed E-state index contributed by atoms with van der Waals surface area (Å²) in [5.41, 5.74) is 2.90. The number of carbonyl (C=O) groups excluding carboxylic acids is 1. The fraction of sp³-hybridized carbons (Fsp3) is 0.667. The van der Waals surface area contributed by atoms with Crippen LogP contribution < -0.4 is 0 Å². The Labute approximate surface area is 155 Å². The van der Waals surface area contributed by atoms with Crippen LogP contribution in [-0.2, 0) is 27.2 Å². The van der Waals surface area contributed by atoms with Crippen molar-refractivity contribution in [3.05, 3.63) is 35.4 Å². The normalized spacial score (nSPS) is 35.6. The summed E-state index contributed by atoms with van der Waals surface area (Å²) in [6, 6.07) is 8.82. The lowest BCUT2D eigenvalue weighted by molar-refractivity contribution is -0.135. The highest BCUT2D eigenvalue weighted by molar-refractivity contribution is 5.78. The fourth-order valence-corrected chi connectivity index (χ4v) is 5.85. The van der Waals surface area contributed by atoms with E-state index in [1.165, 1.54) is 11.1 Å². The number of hydrogen-bond donors (Lipinski definition) is 0. The molecule has 4 atom stereocenters. The van der Waals surface area contributed by atoms with Crippen LogP contribution in [0.4, 0.5) is 0 Å². The Morgan fingerprint density at radius 3 is 3.04 bits per heavy atom. The number of methoxy groups -OCH3 is 1. The first kappa shape index (κ1) is 16.7. The highest BCUT2D eigenvalue weighted by Gasteiger charge is 2.63. The molecule has 26 heavy (non-hydrogen) atoms. The van der Waals surface area contributed by atoms with Crippen molar-refractivity contribution in [1.29, 1.82) is 0 Å². The summed E-state index contributed by atoms with van der Waals surface area (Å²) in [6.45, 7) is 5.05. The van der Waals surface area contributed by atoms with E-state index in [0.717, 1.165) is 52.0 Å².